The largest absolute Gasteiger partial charge is 0.252 e. The second kappa shape index (κ2) is 4.46. The van der Waals surface area contributed by atoms with Gasteiger partial charge in [-0.3, -0.25) is 4.98 Å². The lowest BCUT2D eigenvalue weighted by Crippen LogP contribution is -1.91. The molecule has 0 radical (unpaired) electrons. The standard InChI is InChI=1S/C14H8BrFN2/c15-9-5-6-12-13(7-9)18-14(8-17-12)10-3-1-2-4-11(10)16/h1-8H. The molecule has 0 atom stereocenters. The summed E-state index contributed by atoms with van der Waals surface area (Å²) in [7, 11) is 0. The van der Waals surface area contributed by atoms with E-state index < -0.39 is 0 Å². The fourth-order valence-electron chi connectivity index (χ4n) is 1.78. The Kier molecular flexibility index (Phi) is 2.80. The third-order valence-electron chi connectivity index (χ3n) is 2.65. The number of rotatable bonds is 1. The molecule has 18 heavy (non-hydrogen) atoms. The van der Waals surface area contributed by atoms with E-state index >= 15 is 0 Å². The first-order valence-corrected chi connectivity index (χ1v) is 6.20. The maximum Gasteiger partial charge on any atom is 0.132 e. The van der Waals surface area contributed by atoms with Crippen LogP contribution in [0.4, 0.5) is 4.39 Å². The summed E-state index contributed by atoms with van der Waals surface area (Å²) in [5.41, 5.74) is 2.54. The Morgan fingerprint density at radius 3 is 2.67 bits per heavy atom. The minimum Gasteiger partial charge on any atom is -0.252 e. The van der Waals surface area contributed by atoms with Crippen LogP contribution in [-0.2, 0) is 0 Å². The van der Waals surface area contributed by atoms with Gasteiger partial charge >= 0.3 is 0 Å². The zero-order chi connectivity index (χ0) is 12.5. The van der Waals surface area contributed by atoms with E-state index in [1.54, 1.807) is 24.4 Å². The third-order valence-corrected chi connectivity index (χ3v) is 3.15. The molecular formula is C14H8BrFN2. The lowest BCUT2D eigenvalue weighted by atomic mass is 10.1. The molecule has 0 aliphatic carbocycles. The van der Waals surface area contributed by atoms with E-state index in [1.807, 2.05) is 18.2 Å². The van der Waals surface area contributed by atoms with Gasteiger partial charge in [0.05, 0.1) is 22.9 Å². The highest BCUT2D eigenvalue weighted by Gasteiger charge is 2.07. The molecule has 88 valence electrons. The zero-order valence-corrected chi connectivity index (χ0v) is 10.9. The van der Waals surface area contributed by atoms with Crippen LogP contribution in [0, 0.1) is 5.82 Å². The molecule has 0 aliphatic heterocycles. The van der Waals surface area contributed by atoms with Crippen LogP contribution in [0.25, 0.3) is 22.3 Å². The van der Waals surface area contributed by atoms with Gasteiger partial charge in [-0.2, -0.15) is 0 Å². The minimum absolute atomic E-state index is 0.291. The summed E-state index contributed by atoms with van der Waals surface area (Å²) in [4.78, 5) is 8.72. The van der Waals surface area contributed by atoms with Crippen molar-refractivity contribution in [3.05, 3.63) is 59.0 Å². The fourth-order valence-corrected chi connectivity index (χ4v) is 2.13. The van der Waals surface area contributed by atoms with Gasteiger partial charge < -0.3 is 0 Å². The van der Waals surface area contributed by atoms with Gasteiger partial charge in [-0.05, 0) is 30.3 Å². The van der Waals surface area contributed by atoms with E-state index in [2.05, 4.69) is 25.9 Å². The van der Waals surface area contributed by atoms with Crippen molar-refractivity contribution in [1.29, 1.82) is 0 Å². The van der Waals surface area contributed by atoms with Gasteiger partial charge in [0.2, 0.25) is 0 Å². The minimum atomic E-state index is -0.291. The predicted octanol–water partition coefficient (Wildman–Crippen LogP) is 4.20. The number of aromatic nitrogens is 2. The normalized spacial score (nSPS) is 10.8. The van der Waals surface area contributed by atoms with E-state index in [9.17, 15) is 4.39 Å². The Bertz CT molecular complexity index is 728. The van der Waals surface area contributed by atoms with E-state index in [4.69, 9.17) is 0 Å². The highest BCUT2D eigenvalue weighted by atomic mass is 79.9. The maximum absolute atomic E-state index is 13.7. The molecule has 2 nitrogen and oxygen atoms in total. The monoisotopic (exact) mass is 302 g/mol. The van der Waals surface area contributed by atoms with E-state index in [0.717, 1.165) is 15.5 Å². The van der Waals surface area contributed by atoms with E-state index in [1.165, 1.54) is 6.07 Å². The molecule has 2 aromatic carbocycles. The quantitative estimate of drug-likeness (QED) is 0.673. The molecular weight excluding hydrogens is 295 g/mol. The number of hydrogen-bond acceptors (Lipinski definition) is 2. The fraction of sp³-hybridized carbons (Fsp3) is 0. The number of benzene rings is 2. The van der Waals surface area contributed by atoms with Crippen LogP contribution >= 0.6 is 15.9 Å². The van der Waals surface area contributed by atoms with Gasteiger partial charge in [0, 0.05) is 10.0 Å². The molecule has 0 fully saturated rings. The molecule has 0 bridgehead atoms. The van der Waals surface area contributed by atoms with Crippen molar-refractivity contribution in [3.63, 3.8) is 0 Å². The molecule has 0 N–H and O–H groups in total. The van der Waals surface area contributed by atoms with Crippen LogP contribution in [0.5, 0.6) is 0 Å². The Hall–Kier alpha value is -1.81. The maximum atomic E-state index is 13.7. The highest BCUT2D eigenvalue weighted by molar-refractivity contribution is 9.10. The van der Waals surface area contributed by atoms with Gasteiger partial charge in [-0.15, -0.1) is 0 Å². The van der Waals surface area contributed by atoms with Crippen molar-refractivity contribution in [2.75, 3.05) is 0 Å². The summed E-state index contributed by atoms with van der Waals surface area (Å²) >= 11 is 3.39. The Balaban J connectivity index is 2.22. The predicted molar refractivity (Wildman–Crippen MR) is 72.6 cm³/mol. The van der Waals surface area contributed by atoms with Gasteiger partial charge in [0.25, 0.3) is 0 Å². The van der Waals surface area contributed by atoms with Gasteiger partial charge in [-0.25, -0.2) is 9.37 Å². The number of nitrogens with zero attached hydrogens (tertiary/aromatic N) is 2. The molecule has 4 heteroatoms. The van der Waals surface area contributed by atoms with E-state index in [0.29, 0.717) is 11.3 Å². The Labute approximate surface area is 112 Å². The molecule has 1 heterocycles. The summed E-state index contributed by atoms with van der Waals surface area (Å²) in [6.07, 6.45) is 1.59. The SMILES string of the molecule is Fc1ccccc1-c1cnc2ccc(Br)cc2n1. The lowest BCUT2D eigenvalue weighted by molar-refractivity contribution is 0.630. The van der Waals surface area contributed by atoms with Crippen LogP contribution in [-0.4, -0.2) is 9.97 Å². The molecule has 0 saturated heterocycles. The second-order valence-corrected chi connectivity index (χ2v) is 4.78. The Morgan fingerprint density at radius 2 is 1.83 bits per heavy atom. The molecule has 3 rings (SSSR count). The van der Waals surface area contributed by atoms with Crippen LogP contribution in [0.3, 0.4) is 0 Å². The summed E-state index contributed by atoms with van der Waals surface area (Å²) in [5.74, 6) is -0.291. The first-order valence-electron chi connectivity index (χ1n) is 5.41. The second-order valence-electron chi connectivity index (χ2n) is 3.87. The van der Waals surface area contributed by atoms with Crippen molar-refractivity contribution < 1.29 is 4.39 Å². The van der Waals surface area contributed by atoms with Crippen molar-refractivity contribution in [2.45, 2.75) is 0 Å². The number of fused-ring (bicyclic) bond motifs is 1. The average Bonchev–Trinajstić information content (AvgIpc) is 2.38. The highest BCUT2D eigenvalue weighted by Crippen LogP contribution is 2.23. The summed E-state index contributed by atoms with van der Waals surface area (Å²) < 4.78 is 14.6. The third kappa shape index (κ3) is 1.99. The summed E-state index contributed by atoms with van der Waals surface area (Å²) in [6.45, 7) is 0. The molecule has 0 aliphatic rings. The van der Waals surface area contributed by atoms with Crippen LogP contribution in [0.1, 0.15) is 0 Å². The van der Waals surface area contributed by atoms with Gasteiger partial charge in [0.15, 0.2) is 0 Å². The molecule has 1 aromatic heterocycles. The number of hydrogen-bond donors (Lipinski definition) is 0. The van der Waals surface area contributed by atoms with Crippen LogP contribution < -0.4 is 0 Å². The molecule has 0 amide bonds. The van der Waals surface area contributed by atoms with Crippen molar-refractivity contribution >= 4 is 27.0 Å². The lowest BCUT2D eigenvalue weighted by Gasteiger charge is -2.04. The average molecular weight is 303 g/mol. The summed E-state index contributed by atoms with van der Waals surface area (Å²) in [6, 6.07) is 12.2. The van der Waals surface area contributed by atoms with Crippen molar-refractivity contribution in [3.8, 4) is 11.3 Å². The van der Waals surface area contributed by atoms with Gasteiger partial charge in [0.1, 0.15) is 5.82 Å². The molecule has 0 spiro atoms. The smallest absolute Gasteiger partial charge is 0.132 e. The van der Waals surface area contributed by atoms with Crippen LogP contribution in [0.15, 0.2) is 53.1 Å². The topological polar surface area (TPSA) is 25.8 Å². The Morgan fingerprint density at radius 1 is 1.00 bits per heavy atom. The zero-order valence-electron chi connectivity index (χ0n) is 9.27. The molecule has 0 unspecified atom stereocenters. The molecule has 3 aromatic rings. The number of halogens is 2. The van der Waals surface area contributed by atoms with E-state index in [-0.39, 0.29) is 5.82 Å². The summed E-state index contributed by atoms with van der Waals surface area (Å²) in [5, 5.41) is 0. The first-order chi connectivity index (χ1) is 8.74. The van der Waals surface area contributed by atoms with Crippen molar-refractivity contribution in [1.82, 2.24) is 9.97 Å². The first kappa shape index (κ1) is 11.3. The molecule has 0 saturated carbocycles. The van der Waals surface area contributed by atoms with Crippen molar-refractivity contribution in [2.24, 2.45) is 0 Å². The van der Waals surface area contributed by atoms with Crippen LogP contribution in [0.2, 0.25) is 0 Å². The van der Waals surface area contributed by atoms with Gasteiger partial charge in [-0.1, -0.05) is 28.1 Å².